The molecule has 0 saturated heterocycles. The Morgan fingerprint density at radius 2 is 1.91 bits per heavy atom. The van der Waals surface area contributed by atoms with Gasteiger partial charge in [0.2, 0.25) is 0 Å². The van der Waals surface area contributed by atoms with Gasteiger partial charge in [-0.25, -0.2) is 9.97 Å². The van der Waals surface area contributed by atoms with E-state index in [-0.39, 0.29) is 0 Å². The molecular formula is C16H17N3O2S. The number of hydrogen-bond donors (Lipinski definition) is 1. The van der Waals surface area contributed by atoms with Crippen LogP contribution in [0.2, 0.25) is 0 Å². The highest BCUT2D eigenvalue weighted by atomic mass is 32.1. The predicted octanol–water partition coefficient (Wildman–Crippen LogP) is 3.63. The van der Waals surface area contributed by atoms with E-state index in [0.717, 1.165) is 38.9 Å². The minimum Gasteiger partial charge on any atom is -0.493 e. The second-order valence-corrected chi connectivity index (χ2v) is 5.70. The third-order valence-corrected chi connectivity index (χ3v) is 4.15. The number of rotatable bonds is 5. The number of thiophene rings is 1. The van der Waals surface area contributed by atoms with E-state index in [2.05, 4.69) is 15.3 Å². The van der Waals surface area contributed by atoms with Gasteiger partial charge in [-0.15, -0.1) is 11.3 Å². The molecule has 3 aromatic rings. The zero-order valence-corrected chi connectivity index (χ0v) is 13.5. The SMILES string of the molecule is COc1ccc(CNc2nc(C)nc3sccc23)cc1OC. The summed E-state index contributed by atoms with van der Waals surface area (Å²) >= 11 is 1.62. The van der Waals surface area contributed by atoms with Crippen LogP contribution in [0.4, 0.5) is 5.82 Å². The van der Waals surface area contributed by atoms with Crippen LogP contribution < -0.4 is 14.8 Å². The summed E-state index contributed by atoms with van der Waals surface area (Å²) in [5, 5.41) is 6.46. The molecule has 0 radical (unpaired) electrons. The fraction of sp³-hybridized carbons (Fsp3) is 0.250. The van der Waals surface area contributed by atoms with E-state index in [0.29, 0.717) is 6.54 Å². The molecule has 0 amide bonds. The molecule has 2 heterocycles. The Hall–Kier alpha value is -2.34. The Kier molecular flexibility index (Phi) is 4.11. The number of nitrogens with zero attached hydrogens (tertiary/aromatic N) is 2. The van der Waals surface area contributed by atoms with Crippen LogP contribution in [0.5, 0.6) is 11.5 Å². The van der Waals surface area contributed by atoms with Crippen molar-refractivity contribution in [2.75, 3.05) is 19.5 Å². The molecule has 0 aliphatic rings. The molecule has 114 valence electrons. The number of benzene rings is 1. The smallest absolute Gasteiger partial charge is 0.161 e. The van der Waals surface area contributed by atoms with Crippen molar-refractivity contribution < 1.29 is 9.47 Å². The van der Waals surface area contributed by atoms with Gasteiger partial charge in [0.05, 0.1) is 19.6 Å². The average molecular weight is 315 g/mol. The van der Waals surface area contributed by atoms with Crippen LogP contribution in [-0.4, -0.2) is 24.2 Å². The molecule has 22 heavy (non-hydrogen) atoms. The number of aromatic nitrogens is 2. The van der Waals surface area contributed by atoms with Crippen LogP contribution in [0.1, 0.15) is 11.4 Å². The van der Waals surface area contributed by atoms with Gasteiger partial charge in [-0.2, -0.15) is 0 Å². The summed E-state index contributed by atoms with van der Waals surface area (Å²) in [6, 6.07) is 7.91. The maximum Gasteiger partial charge on any atom is 0.161 e. The Morgan fingerprint density at radius 1 is 1.09 bits per heavy atom. The Bertz CT molecular complexity index is 801. The predicted molar refractivity (Wildman–Crippen MR) is 89.0 cm³/mol. The van der Waals surface area contributed by atoms with Crippen LogP contribution in [0, 0.1) is 6.92 Å². The second-order valence-electron chi connectivity index (χ2n) is 4.80. The molecule has 0 atom stereocenters. The van der Waals surface area contributed by atoms with E-state index in [9.17, 15) is 0 Å². The van der Waals surface area contributed by atoms with E-state index in [1.807, 2.05) is 36.6 Å². The van der Waals surface area contributed by atoms with Crippen molar-refractivity contribution in [2.24, 2.45) is 0 Å². The highest BCUT2D eigenvalue weighted by molar-refractivity contribution is 7.16. The molecule has 6 heteroatoms. The van der Waals surface area contributed by atoms with Crippen LogP contribution in [0.25, 0.3) is 10.2 Å². The summed E-state index contributed by atoms with van der Waals surface area (Å²) in [6.45, 7) is 2.56. The number of hydrogen-bond acceptors (Lipinski definition) is 6. The zero-order valence-electron chi connectivity index (χ0n) is 12.7. The highest BCUT2D eigenvalue weighted by Crippen LogP contribution is 2.29. The molecule has 3 rings (SSSR count). The summed E-state index contributed by atoms with van der Waals surface area (Å²) in [7, 11) is 3.27. The number of methoxy groups -OCH3 is 2. The fourth-order valence-electron chi connectivity index (χ4n) is 2.27. The van der Waals surface area contributed by atoms with E-state index in [1.165, 1.54) is 0 Å². The van der Waals surface area contributed by atoms with Gasteiger partial charge in [-0.05, 0) is 36.1 Å². The quantitative estimate of drug-likeness (QED) is 0.779. The second kappa shape index (κ2) is 6.19. The van der Waals surface area contributed by atoms with E-state index < -0.39 is 0 Å². The molecule has 0 aliphatic carbocycles. The van der Waals surface area contributed by atoms with Gasteiger partial charge in [0.1, 0.15) is 16.5 Å². The molecule has 0 aliphatic heterocycles. The maximum absolute atomic E-state index is 5.33. The van der Waals surface area contributed by atoms with Crippen molar-refractivity contribution in [3.05, 3.63) is 41.0 Å². The lowest BCUT2D eigenvalue weighted by Crippen LogP contribution is -2.04. The largest absolute Gasteiger partial charge is 0.493 e. The lowest BCUT2D eigenvalue weighted by molar-refractivity contribution is 0.354. The molecule has 1 aromatic carbocycles. The van der Waals surface area contributed by atoms with Crippen molar-refractivity contribution >= 4 is 27.4 Å². The van der Waals surface area contributed by atoms with Crippen molar-refractivity contribution in [3.8, 4) is 11.5 Å². The van der Waals surface area contributed by atoms with Gasteiger partial charge in [0.25, 0.3) is 0 Å². The Morgan fingerprint density at radius 3 is 2.68 bits per heavy atom. The van der Waals surface area contributed by atoms with Crippen molar-refractivity contribution in [3.63, 3.8) is 0 Å². The first kappa shape index (κ1) is 14.6. The molecular weight excluding hydrogens is 298 g/mol. The number of nitrogens with one attached hydrogen (secondary N) is 1. The van der Waals surface area contributed by atoms with E-state index in [4.69, 9.17) is 9.47 Å². The molecule has 0 spiro atoms. The molecule has 2 aromatic heterocycles. The van der Waals surface area contributed by atoms with Crippen LogP contribution >= 0.6 is 11.3 Å². The minimum atomic E-state index is 0.655. The van der Waals surface area contributed by atoms with Gasteiger partial charge in [-0.3, -0.25) is 0 Å². The first-order chi connectivity index (χ1) is 10.7. The van der Waals surface area contributed by atoms with Crippen LogP contribution in [0.15, 0.2) is 29.6 Å². The molecule has 0 bridgehead atoms. The third-order valence-electron chi connectivity index (χ3n) is 3.34. The van der Waals surface area contributed by atoms with Crippen molar-refractivity contribution in [1.82, 2.24) is 9.97 Å². The summed E-state index contributed by atoms with van der Waals surface area (Å²) < 4.78 is 10.6. The van der Waals surface area contributed by atoms with Gasteiger partial charge in [0.15, 0.2) is 11.5 Å². The monoisotopic (exact) mass is 315 g/mol. The molecule has 0 saturated carbocycles. The van der Waals surface area contributed by atoms with E-state index >= 15 is 0 Å². The van der Waals surface area contributed by atoms with Gasteiger partial charge >= 0.3 is 0 Å². The molecule has 1 N–H and O–H groups in total. The lowest BCUT2D eigenvalue weighted by Gasteiger charge is -2.11. The fourth-order valence-corrected chi connectivity index (χ4v) is 3.08. The highest BCUT2D eigenvalue weighted by Gasteiger charge is 2.08. The van der Waals surface area contributed by atoms with Crippen molar-refractivity contribution in [2.45, 2.75) is 13.5 Å². The van der Waals surface area contributed by atoms with E-state index in [1.54, 1.807) is 25.6 Å². The average Bonchev–Trinajstić information content (AvgIpc) is 3.00. The summed E-state index contributed by atoms with van der Waals surface area (Å²) in [5.41, 5.74) is 1.09. The van der Waals surface area contributed by atoms with Gasteiger partial charge < -0.3 is 14.8 Å². The standard InChI is InChI=1S/C16H17N3O2S/c1-10-18-15(12-6-7-22-16(12)19-10)17-9-11-4-5-13(20-2)14(8-11)21-3/h4-8H,9H2,1-3H3,(H,17,18,19). The van der Waals surface area contributed by atoms with Crippen LogP contribution in [-0.2, 0) is 6.54 Å². The molecule has 5 nitrogen and oxygen atoms in total. The number of ether oxygens (including phenoxy) is 2. The number of aryl methyl sites for hydroxylation is 1. The van der Waals surface area contributed by atoms with Gasteiger partial charge in [-0.1, -0.05) is 6.07 Å². The Labute approximate surface area is 132 Å². The topological polar surface area (TPSA) is 56.3 Å². The molecule has 0 unspecified atom stereocenters. The summed E-state index contributed by atoms with van der Waals surface area (Å²) in [6.07, 6.45) is 0. The maximum atomic E-state index is 5.33. The summed E-state index contributed by atoms with van der Waals surface area (Å²) in [4.78, 5) is 9.93. The third kappa shape index (κ3) is 2.82. The Balaban J connectivity index is 1.83. The number of fused-ring (bicyclic) bond motifs is 1. The minimum absolute atomic E-state index is 0.655. The first-order valence-electron chi connectivity index (χ1n) is 6.88. The lowest BCUT2D eigenvalue weighted by atomic mass is 10.2. The summed E-state index contributed by atoms with van der Waals surface area (Å²) in [5.74, 6) is 3.08. The normalized spacial score (nSPS) is 10.7. The van der Waals surface area contributed by atoms with Crippen molar-refractivity contribution in [1.29, 1.82) is 0 Å². The zero-order chi connectivity index (χ0) is 15.5. The number of anilines is 1. The first-order valence-corrected chi connectivity index (χ1v) is 7.76. The molecule has 0 fully saturated rings. The van der Waals surface area contributed by atoms with Crippen LogP contribution in [0.3, 0.4) is 0 Å². The van der Waals surface area contributed by atoms with Gasteiger partial charge in [0, 0.05) is 6.54 Å².